The summed E-state index contributed by atoms with van der Waals surface area (Å²) in [6.45, 7) is 2.06. The van der Waals surface area contributed by atoms with Crippen LogP contribution >= 0.6 is 0 Å². The van der Waals surface area contributed by atoms with Crippen molar-refractivity contribution in [2.45, 2.75) is 30.9 Å². The van der Waals surface area contributed by atoms with Gasteiger partial charge in [0.15, 0.2) is 0 Å². The zero-order chi connectivity index (χ0) is 16.6. The fourth-order valence-electron chi connectivity index (χ4n) is 2.91. The van der Waals surface area contributed by atoms with Gasteiger partial charge in [-0.1, -0.05) is 18.2 Å². The van der Waals surface area contributed by atoms with Crippen LogP contribution in [0.3, 0.4) is 0 Å². The fraction of sp³-hybridized carbons (Fsp3) is 0.312. The van der Waals surface area contributed by atoms with Crippen molar-refractivity contribution in [1.29, 1.82) is 0 Å². The molecule has 2 aromatic rings. The van der Waals surface area contributed by atoms with E-state index >= 15 is 0 Å². The van der Waals surface area contributed by atoms with Crippen LogP contribution in [0.15, 0.2) is 40.0 Å². The number of hydrogen-bond donors (Lipinski definition) is 2. The molecule has 1 aromatic heterocycles. The lowest BCUT2D eigenvalue weighted by Gasteiger charge is -2.13. The second-order valence-electron chi connectivity index (χ2n) is 5.57. The van der Waals surface area contributed by atoms with E-state index in [0.717, 1.165) is 24.7 Å². The molecule has 3 rings (SSSR count). The van der Waals surface area contributed by atoms with E-state index in [1.165, 1.54) is 24.2 Å². The van der Waals surface area contributed by atoms with Crippen LogP contribution in [0.4, 0.5) is 0 Å². The maximum atomic E-state index is 12.3. The fourth-order valence-corrected chi connectivity index (χ4v) is 3.56. The summed E-state index contributed by atoms with van der Waals surface area (Å²) in [5.74, 6) is -0.342. The molecule has 0 saturated heterocycles. The molecule has 1 aromatic carbocycles. The van der Waals surface area contributed by atoms with Gasteiger partial charge in [-0.05, 0) is 43.5 Å². The summed E-state index contributed by atoms with van der Waals surface area (Å²) in [6, 6.07) is 7.23. The van der Waals surface area contributed by atoms with Gasteiger partial charge in [-0.3, -0.25) is 4.79 Å². The Kier molecular flexibility index (Phi) is 3.99. The number of aryl methyl sites for hydroxylation is 1. The van der Waals surface area contributed by atoms with Gasteiger partial charge in [-0.15, -0.1) is 0 Å². The molecule has 1 heterocycles. The van der Waals surface area contributed by atoms with Gasteiger partial charge in [0.25, 0.3) is 15.9 Å². The predicted molar refractivity (Wildman–Crippen MR) is 84.7 cm³/mol. The number of benzene rings is 1. The molecule has 1 aliphatic carbocycles. The highest BCUT2D eigenvalue weighted by molar-refractivity contribution is 7.89. The van der Waals surface area contributed by atoms with Gasteiger partial charge in [0.2, 0.25) is 5.09 Å². The number of hydrogen-bond acceptors (Lipinski definition) is 4. The molecule has 0 fully saturated rings. The third kappa shape index (κ3) is 2.89. The van der Waals surface area contributed by atoms with Crippen LogP contribution in [-0.4, -0.2) is 21.4 Å². The minimum absolute atomic E-state index is 0.0587. The topological polar surface area (TPSA) is 88.4 Å². The number of nitrogens with one attached hydrogen (secondary N) is 2. The Balaban J connectivity index is 1.78. The van der Waals surface area contributed by atoms with Crippen molar-refractivity contribution in [2.75, 3.05) is 7.05 Å². The standard InChI is InChI=1S/C16H18N2O4S/c1-10-4-3-5-13-12(10)6-7-14(13)18-16(19)11-8-15(22-9-11)23(20,21)17-2/h3-5,8-9,14,17H,6-7H2,1-2H3,(H,18,19)/t14-/m1/s1. The lowest BCUT2D eigenvalue weighted by molar-refractivity contribution is 0.0936. The molecule has 6 nitrogen and oxygen atoms in total. The number of furan rings is 1. The number of carbonyl (C=O) groups is 1. The van der Waals surface area contributed by atoms with Crippen LogP contribution in [0.5, 0.6) is 0 Å². The van der Waals surface area contributed by atoms with E-state index in [-0.39, 0.29) is 22.6 Å². The first-order valence-electron chi connectivity index (χ1n) is 7.33. The zero-order valence-corrected chi connectivity index (χ0v) is 13.7. The number of rotatable bonds is 4. The van der Waals surface area contributed by atoms with Gasteiger partial charge < -0.3 is 9.73 Å². The molecule has 0 spiro atoms. The van der Waals surface area contributed by atoms with E-state index in [1.54, 1.807) is 0 Å². The highest BCUT2D eigenvalue weighted by atomic mass is 32.2. The molecule has 122 valence electrons. The lowest BCUT2D eigenvalue weighted by atomic mass is 10.0. The van der Waals surface area contributed by atoms with Gasteiger partial charge in [0.1, 0.15) is 6.26 Å². The zero-order valence-electron chi connectivity index (χ0n) is 12.9. The SMILES string of the molecule is CNS(=O)(=O)c1cc(C(=O)N[C@@H]2CCc3c(C)cccc32)co1. The minimum atomic E-state index is -3.69. The van der Waals surface area contributed by atoms with Crippen LogP contribution in [-0.2, 0) is 16.4 Å². The molecule has 2 N–H and O–H groups in total. The van der Waals surface area contributed by atoms with Crippen LogP contribution in [0.2, 0.25) is 0 Å². The summed E-state index contributed by atoms with van der Waals surface area (Å²) in [7, 11) is -2.40. The number of carbonyl (C=O) groups excluding carboxylic acids is 1. The summed E-state index contributed by atoms with van der Waals surface area (Å²) in [5, 5.41) is 2.68. The Morgan fingerprint density at radius 3 is 2.87 bits per heavy atom. The lowest BCUT2D eigenvalue weighted by Crippen LogP contribution is -2.26. The van der Waals surface area contributed by atoms with E-state index in [2.05, 4.69) is 23.0 Å². The summed E-state index contributed by atoms with van der Waals surface area (Å²) < 4.78 is 30.4. The second-order valence-corrected chi connectivity index (χ2v) is 7.39. The average Bonchev–Trinajstić information content (AvgIpc) is 3.16. The smallest absolute Gasteiger partial charge is 0.273 e. The number of amides is 1. The van der Waals surface area contributed by atoms with Gasteiger partial charge in [-0.25, -0.2) is 13.1 Å². The van der Waals surface area contributed by atoms with Gasteiger partial charge in [-0.2, -0.15) is 0 Å². The largest absolute Gasteiger partial charge is 0.451 e. The number of fused-ring (bicyclic) bond motifs is 1. The minimum Gasteiger partial charge on any atom is -0.451 e. The van der Waals surface area contributed by atoms with Crippen molar-refractivity contribution < 1.29 is 17.6 Å². The molecule has 1 atom stereocenters. The molecule has 0 bridgehead atoms. The molecule has 0 radical (unpaired) electrons. The van der Waals surface area contributed by atoms with E-state index in [0.29, 0.717) is 0 Å². The first-order chi connectivity index (χ1) is 10.9. The van der Waals surface area contributed by atoms with Crippen molar-refractivity contribution >= 4 is 15.9 Å². The third-order valence-corrected chi connectivity index (χ3v) is 5.46. The molecule has 1 aliphatic rings. The van der Waals surface area contributed by atoms with Crippen LogP contribution in [0, 0.1) is 6.92 Å². The Morgan fingerprint density at radius 2 is 2.13 bits per heavy atom. The molecule has 7 heteroatoms. The first-order valence-corrected chi connectivity index (χ1v) is 8.82. The Bertz CT molecular complexity index is 855. The molecule has 0 saturated carbocycles. The summed E-state index contributed by atoms with van der Waals surface area (Å²) in [4.78, 5) is 12.3. The summed E-state index contributed by atoms with van der Waals surface area (Å²) in [5.41, 5.74) is 3.83. The molecule has 23 heavy (non-hydrogen) atoms. The van der Waals surface area contributed by atoms with E-state index in [4.69, 9.17) is 4.42 Å². The van der Waals surface area contributed by atoms with Crippen LogP contribution < -0.4 is 10.0 Å². The second kappa shape index (κ2) is 5.82. The van der Waals surface area contributed by atoms with Crippen molar-refractivity contribution in [2.24, 2.45) is 0 Å². The highest BCUT2D eigenvalue weighted by Gasteiger charge is 2.26. The maximum Gasteiger partial charge on any atom is 0.273 e. The monoisotopic (exact) mass is 334 g/mol. The molecule has 1 amide bonds. The maximum absolute atomic E-state index is 12.3. The van der Waals surface area contributed by atoms with Crippen molar-refractivity contribution in [3.63, 3.8) is 0 Å². The Labute approximate surface area is 134 Å². The molecular formula is C16H18N2O4S. The van der Waals surface area contributed by atoms with Crippen molar-refractivity contribution in [3.05, 3.63) is 52.8 Å². The van der Waals surface area contributed by atoms with Gasteiger partial charge in [0, 0.05) is 6.07 Å². The normalized spacial score (nSPS) is 17.0. The average molecular weight is 334 g/mol. The summed E-state index contributed by atoms with van der Waals surface area (Å²) in [6.07, 6.45) is 2.93. The molecule has 0 unspecified atom stereocenters. The predicted octanol–water partition coefficient (Wildman–Crippen LogP) is 1.91. The van der Waals surface area contributed by atoms with Gasteiger partial charge in [0.05, 0.1) is 11.6 Å². The van der Waals surface area contributed by atoms with Crippen LogP contribution in [0.1, 0.15) is 39.5 Å². The first kappa shape index (κ1) is 15.8. The molecule has 0 aliphatic heterocycles. The third-order valence-electron chi connectivity index (χ3n) is 4.18. The quantitative estimate of drug-likeness (QED) is 0.894. The van der Waals surface area contributed by atoms with Gasteiger partial charge >= 0.3 is 0 Å². The van der Waals surface area contributed by atoms with Crippen molar-refractivity contribution in [3.8, 4) is 0 Å². The Morgan fingerprint density at radius 1 is 1.35 bits per heavy atom. The summed E-state index contributed by atoms with van der Waals surface area (Å²) >= 11 is 0. The van der Waals surface area contributed by atoms with E-state index in [1.807, 2.05) is 12.1 Å². The van der Waals surface area contributed by atoms with E-state index in [9.17, 15) is 13.2 Å². The van der Waals surface area contributed by atoms with E-state index < -0.39 is 10.0 Å². The molecular weight excluding hydrogens is 316 g/mol. The van der Waals surface area contributed by atoms with Crippen LogP contribution in [0.25, 0.3) is 0 Å². The number of sulfonamides is 1. The highest BCUT2D eigenvalue weighted by Crippen LogP contribution is 2.33. The Hall–Kier alpha value is -2.12. The van der Waals surface area contributed by atoms with Crippen molar-refractivity contribution in [1.82, 2.24) is 10.0 Å².